The van der Waals surface area contributed by atoms with Crippen LogP contribution in [0.4, 0.5) is 0 Å². The second kappa shape index (κ2) is 7.97. The van der Waals surface area contributed by atoms with Crippen molar-refractivity contribution in [3.05, 3.63) is 0 Å². The van der Waals surface area contributed by atoms with E-state index in [9.17, 15) is 0 Å². The van der Waals surface area contributed by atoms with Gasteiger partial charge in [-0.15, -0.1) is 0 Å². The number of hydrogen-bond donors (Lipinski definition) is 1. The first-order valence-electron chi connectivity index (χ1n) is 9.54. The fourth-order valence-electron chi connectivity index (χ4n) is 5.12. The first-order chi connectivity index (χ1) is 10.1. The molecule has 0 aromatic rings. The van der Waals surface area contributed by atoms with Crippen molar-refractivity contribution in [2.75, 3.05) is 20.6 Å². The van der Waals surface area contributed by atoms with Crippen LogP contribution in [0.1, 0.15) is 78.1 Å². The van der Waals surface area contributed by atoms with E-state index in [1.807, 2.05) is 0 Å². The van der Waals surface area contributed by atoms with Gasteiger partial charge >= 0.3 is 0 Å². The van der Waals surface area contributed by atoms with Crippen LogP contribution in [0.5, 0.6) is 0 Å². The van der Waals surface area contributed by atoms with Gasteiger partial charge in [-0.25, -0.2) is 0 Å². The molecule has 0 aliphatic heterocycles. The summed E-state index contributed by atoms with van der Waals surface area (Å²) in [5, 5.41) is 4.01. The van der Waals surface area contributed by atoms with Crippen molar-refractivity contribution in [3.63, 3.8) is 0 Å². The van der Waals surface area contributed by atoms with Crippen molar-refractivity contribution in [2.24, 2.45) is 11.8 Å². The van der Waals surface area contributed by atoms with Crippen LogP contribution in [0.2, 0.25) is 0 Å². The van der Waals surface area contributed by atoms with E-state index in [0.29, 0.717) is 11.6 Å². The Morgan fingerprint density at radius 1 is 1.10 bits per heavy atom. The zero-order valence-corrected chi connectivity index (χ0v) is 15.0. The molecule has 0 heterocycles. The van der Waals surface area contributed by atoms with Gasteiger partial charge in [0, 0.05) is 11.6 Å². The van der Waals surface area contributed by atoms with Crippen LogP contribution in [0.15, 0.2) is 0 Å². The molecule has 1 N–H and O–H groups in total. The highest BCUT2D eigenvalue weighted by atomic mass is 15.2. The standard InChI is InChI=1S/C19H38N2/c1-5-14-20-18(17-11-9-10-16(6-2)15-17)19(21(3)4)12-7-8-13-19/h16-18,20H,5-15H2,1-4H3. The van der Waals surface area contributed by atoms with Crippen molar-refractivity contribution in [1.29, 1.82) is 0 Å². The predicted molar refractivity (Wildman–Crippen MR) is 92.7 cm³/mol. The fourth-order valence-corrected chi connectivity index (χ4v) is 5.12. The molecule has 21 heavy (non-hydrogen) atoms. The molecule has 2 saturated carbocycles. The minimum atomic E-state index is 0.426. The summed E-state index contributed by atoms with van der Waals surface area (Å²) in [6.07, 6.45) is 14.1. The topological polar surface area (TPSA) is 15.3 Å². The van der Waals surface area contributed by atoms with Gasteiger partial charge in [0.2, 0.25) is 0 Å². The van der Waals surface area contributed by atoms with Crippen LogP contribution in [0, 0.1) is 11.8 Å². The van der Waals surface area contributed by atoms with E-state index in [1.54, 1.807) is 0 Å². The molecule has 0 aromatic heterocycles. The highest BCUT2D eigenvalue weighted by molar-refractivity contribution is 5.05. The van der Waals surface area contributed by atoms with Crippen molar-refractivity contribution in [3.8, 4) is 0 Å². The second-order valence-electron chi connectivity index (χ2n) is 7.84. The van der Waals surface area contributed by atoms with Gasteiger partial charge in [-0.3, -0.25) is 0 Å². The maximum Gasteiger partial charge on any atom is 0.0359 e. The Hall–Kier alpha value is -0.0800. The number of hydrogen-bond acceptors (Lipinski definition) is 2. The lowest BCUT2D eigenvalue weighted by Crippen LogP contribution is -2.61. The Bertz CT molecular complexity index is 294. The molecule has 0 amide bonds. The highest BCUT2D eigenvalue weighted by Crippen LogP contribution is 2.43. The summed E-state index contributed by atoms with van der Waals surface area (Å²) in [5.41, 5.74) is 0.426. The minimum absolute atomic E-state index is 0.426. The lowest BCUT2D eigenvalue weighted by Gasteiger charge is -2.49. The molecule has 2 heteroatoms. The van der Waals surface area contributed by atoms with Crippen LogP contribution >= 0.6 is 0 Å². The molecule has 3 atom stereocenters. The largest absolute Gasteiger partial charge is 0.312 e. The van der Waals surface area contributed by atoms with Crippen LogP contribution in [-0.4, -0.2) is 37.1 Å². The SMILES string of the molecule is CCCNC(C1CCCC(CC)C1)C1(N(C)C)CCCC1. The molecule has 2 rings (SSSR count). The number of nitrogens with one attached hydrogen (secondary N) is 1. The molecule has 124 valence electrons. The Balaban J connectivity index is 2.16. The lowest BCUT2D eigenvalue weighted by molar-refractivity contribution is 0.0521. The van der Waals surface area contributed by atoms with Crippen molar-refractivity contribution >= 4 is 0 Å². The molecule has 0 saturated heterocycles. The Labute approximate surface area is 133 Å². The third kappa shape index (κ3) is 3.82. The number of likely N-dealkylation sites (N-methyl/N-ethyl adjacent to an activating group) is 1. The van der Waals surface area contributed by atoms with Gasteiger partial charge in [0.15, 0.2) is 0 Å². The maximum absolute atomic E-state index is 4.01. The summed E-state index contributed by atoms with van der Waals surface area (Å²) in [6, 6.07) is 0.712. The molecule has 2 aliphatic carbocycles. The summed E-state index contributed by atoms with van der Waals surface area (Å²) in [7, 11) is 4.65. The van der Waals surface area contributed by atoms with Crippen molar-refractivity contribution in [2.45, 2.75) is 89.6 Å². The second-order valence-corrected chi connectivity index (χ2v) is 7.84. The minimum Gasteiger partial charge on any atom is -0.312 e. The van der Waals surface area contributed by atoms with Crippen molar-refractivity contribution in [1.82, 2.24) is 10.2 Å². The smallest absolute Gasteiger partial charge is 0.0359 e. The van der Waals surface area contributed by atoms with E-state index in [4.69, 9.17) is 0 Å². The van der Waals surface area contributed by atoms with Crippen LogP contribution in [0.3, 0.4) is 0 Å². The van der Waals surface area contributed by atoms with Gasteiger partial charge in [0.05, 0.1) is 0 Å². The van der Waals surface area contributed by atoms with Gasteiger partial charge < -0.3 is 10.2 Å². The van der Waals surface area contributed by atoms with Gasteiger partial charge in [-0.1, -0.05) is 46.0 Å². The normalized spacial score (nSPS) is 30.7. The molecule has 0 aromatic carbocycles. The van der Waals surface area contributed by atoms with E-state index in [1.165, 1.54) is 70.8 Å². The quantitative estimate of drug-likeness (QED) is 0.746. The third-order valence-electron chi connectivity index (χ3n) is 6.43. The molecular formula is C19H38N2. The van der Waals surface area contributed by atoms with E-state index in [-0.39, 0.29) is 0 Å². The van der Waals surface area contributed by atoms with Crippen LogP contribution < -0.4 is 5.32 Å². The molecule has 0 bridgehead atoms. The fraction of sp³-hybridized carbons (Fsp3) is 1.00. The monoisotopic (exact) mass is 294 g/mol. The third-order valence-corrected chi connectivity index (χ3v) is 6.43. The molecule has 2 nitrogen and oxygen atoms in total. The average Bonchev–Trinajstić information content (AvgIpc) is 2.99. The van der Waals surface area contributed by atoms with Gasteiger partial charge in [0.1, 0.15) is 0 Å². The summed E-state index contributed by atoms with van der Waals surface area (Å²) in [4.78, 5) is 2.57. The number of nitrogens with zero attached hydrogens (tertiary/aromatic N) is 1. The first-order valence-corrected chi connectivity index (χ1v) is 9.54. The Kier molecular flexibility index (Phi) is 6.55. The van der Waals surface area contributed by atoms with E-state index < -0.39 is 0 Å². The molecular weight excluding hydrogens is 256 g/mol. The summed E-state index contributed by atoms with van der Waals surface area (Å²) >= 11 is 0. The summed E-state index contributed by atoms with van der Waals surface area (Å²) in [5.74, 6) is 1.88. The zero-order valence-electron chi connectivity index (χ0n) is 15.0. The Morgan fingerprint density at radius 3 is 2.38 bits per heavy atom. The maximum atomic E-state index is 4.01. The average molecular weight is 295 g/mol. The van der Waals surface area contributed by atoms with E-state index in [2.05, 4.69) is 38.2 Å². The summed E-state index contributed by atoms with van der Waals surface area (Å²) in [6.45, 7) is 5.88. The van der Waals surface area contributed by atoms with Gasteiger partial charge in [-0.05, 0) is 64.6 Å². The number of rotatable bonds is 7. The van der Waals surface area contributed by atoms with Crippen LogP contribution in [-0.2, 0) is 0 Å². The zero-order chi connectivity index (χ0) is 15.3. The Morgan fingerprint density at radius 2 is 1.81 bits per heavy atom. The highest BCUT2D eigenvalue weighted by Gasteiger charge is 2.46. The molecule has 3 unspecified atom stereocenters. The predicted octanol–water partition coefficient (Wildman–Crippen LogP) is 4.45. The summed E-state index contributed by atoms with van der Waals surface area (Å²) < 4.78 is 0. The van der Waals surface area contributed by atoms with Crippen molar-refractivity contribution < 1.29 is 0 Å². The lowest BCUT2D eigenvalue weighted by atomic mass is 9.70. The van der Waals surface area contributed by atoms with E-state index in [0.717, 1.165) is 11.8 Å². The van der Waals surface area contributed by atoms with Gasteiger partial charge in [0.25, 0.3) is 0 Å². The van der Waals surface area contributed by atoms with E-state index >= 15 is 0 Å². The molecule has 0 spiro atoms. The molecule has 2 fully saturated rings. The molecule has 2 aliphatic rings. The first kappa shape index (κ1) is 17.3. The molecule has 0 radical (unpaired) electrons. The van der Waals surface area contributed by atoms with Crippen LogP contribution in [0.25, 0.3) is 0 Å². The van der Waals surface area contributed by atoms with Gasteiger partial charge in [-0.2, -0.15) is 0 Å².